The molecule has 0 bridgehead atoms. The van der Waals surface area contributed by atoms with Crippen molar-refractivity contribution in [3.05, 3.63) is 48.0 Å². The minimum Gasteiger partial charge on any atom is -0.352 e. The van der Waals surface area contributed by atoms with Crippen LogP contribution in [0.2, 0.25) is 0 Å². The summed E-state index contributed by atoms with van der Waals surface area (Å²) in [5, 5.41) is 10.9. The quantitative estimate of drug-likeness (QED) is 0.870. The summed E-state index contributed by atoms with van der Waals surface area (Å²) < 4.78 is 1.93. The van der Waals surface area contributed by atoms with Crippen LogP contribution in [-0.2, 0) is 17.8 Å². The van der Waals surface area contributed by atoms with Crippen LogP contribution in [0.25, 0.3) is 0 Å². The predicted octanol–water partition coefficient (Wildman–Crippen LogP) is 1.20. The molecule has 1 fully saturated rings. The van der Waals surface area contributed by atoms with E-state index in [-0.39, 0.29) is 18.0 Å². The van der Waals surface area contributed by atoms with Gasteiger partial charge in [0.05, 0.1) is 6.54 Å². The van der Waals surface area contributed by atoms with Crippen LogP contribution in [0, 0.1) is 0 Å². The normalized spacial score (nSPS) is 21.5. The molecule has 4 rings (SSSR count). The Balaban J connectivity index is 1.50. The summed E-state index contributed by atoms with van der Waals surface area (Å²) in [5.41, 5.74) is 1.01. The summed E-state index contributed by atoms with van der Waals surface area (Å²) in [4.78, 5) is 16.9. The van der Waals surface area contributed by atoms with E-state index in [1.807, 2.05) is 35.0 Å². The summed E-state index contributed by atoms with van der Waals surface area (Å²) in [5.74, 6) is 1.10. The molecule has 1 aliphatic carbocycles. The molecule has 2 heterocycles. The molecular formula is C17H21N5O. The smallest absolute Gasteiger partial charge is 0.241 e. The Kier molecular flexibility index (Phi) is 3.83. The zero-order chi connectivity index (χ0) is 15.6. The molecule has 0 unspecified atom stereocenters. The number of carbonyl (C=O) groups excluding carboxylic acids is 1. The number of amides is 1. The number of hydrogen-bond donors (Lipinski definition) is 2. The lowest BCUT2D eigenvalue weighted by atomic mass is 10.0. The fraction of sp³-hybridized carbons (Fsp3) is 0.471. The molecule has 0 saturated heterocycles. The maximum absolute atomic E-state index is 12.7. The van der Waals surface area contributed by atoms with Gasteiger partial charge in [-0.05, 0) is 24.8 Å². The summed E-state index contributed by atoms with van der Waals surface area (Å²) >= 11 is 0. The SMILES string of the molecule is O=C(NC1CC1)[C@H](N[C@@H]1CCc2ncnn2C1)c1ccccc1. The van der Waals surface area contributed by atoms with Gasteiger partial charge in [-0.1, -0.05) is 30.3 Å². The molecular weight excluding hydrogens is 290 g/mol. The number of aryl methyl sites for hydroxylation is 1. The van der Waals surface area contributed by atoms with E-state index in [2.05, 4.69) is 20.7 Å². The Morgan fingerprint density at radius 1 is 1.17 bits per heavy atom. The van der Waals surface area contributed by atoms with E-state index < -0.39 is 0 Å². The summed E-state index contributed by atoms with van der Waals surface area (Å²) in [6, 6.07) is 10.2. The van der Waals surface area contributed by atoms with Gasteiger partial charge in [-0.2, -0.15) is 5.10 Å². The third kappa shape index (κ3) is 3.27. The van der Waals surface area contributed by atoms with Crippen molar-refractivity contribution >= 4 is 5.91 Å². The number of aromatic nitrogens is 3. The van der Waals surface area contributed by atoms with E-state index in [1.54, 1.807) is 6.33 Å². The molecule has 1 aromatic carbocycles. The van der Waals surface area contributed by atoms with Crippen molar-refractivity contribution in [2.75, 3.05) is 0 Å². The standard InChI is InChI=1S/C17H21N5O/c23-17(21-13-6-7-13)16(12-4-2-1-3-5-12)20-14-8-9-15-18-11-19-22(15)10-14/h1-5,11,13-14,16,20H,6-10H2,(H,21,23)/t14-,16-/m1/s1. The van der Waals surface area contributed by atoms with Gasteiger partial charge in [0.2, 0.25) is 5.91 Å². The topological polar surface area (TPSA) is 71.8 Å². The zero-order valence-electron chi connectivity index (χ0n) is 13.0. The summed E-state index contributed by atoms with van der Waals surface area (Å²) in [6.45, 7) is 0.759. The van der Waals surface area contributed by atoms with Gasteiger partial charge in [0.15, 0.2) is 0 Å². The Hall–Kier alpha value is -2.21. The Bertz CT molecular complexity index is 679. The second kappa shape index (κ2) is 6.12. The van der Waals surface area contributed by atoms with Crippen LogP contribution in [0.3, 0.4) is 0 Å². The molecule has 0 radical (unpaired) electrons. The lowest BCUT2D eigenvalue weighted by molar-refractivity contribution is -0.123. The van der Waals surface area contributed by atoms with Crippen molar-refractivity contribution in [1.29, 1.82) is 0 Å². The van der Waals surface area contributed by atoms with Crippen molar-refractivity contribution < 1.29 is 4.79 Å². The molecule has 1 saturated carbocycles. The minimum absolute atomic E-state index is 0.0723. The summed E-state index contributed by atoms with van der Waals surface area (Å²) in [7, 11) is 0. The molecule has 2 aromatic rings. The number of hydrogen-bond acceptors (Lipinski definition) is 4. The van der Waals surface area contributed by atoms with Gasteiger partial charge in [0, 0.05) is 18.5 Å². The monoisotopic (exact) mass is 311 g/mol. The first-order chi connectivity index (χ1) is 11.3. The Morgan fingerprint density at radius 2 is 2.00 bits per heavy atom. The highest BCUT2D eigenvalue weighted by Crippen LogP contribution is 2.22. The predicted molar refractivity (Wildman–Crippen MR) is 85.6 cm³/mol. The lowest BCUT2D eigenvalue weighted by Gasteiger charge is -2.28. The molecule has 1 amide bonds. The first kappa shape index (κ1) is 14.4. The Labute approximate surface area is 135 Å². The maximum atomic E-state index is 12.7. The van der Waals surface area contributed by atoms with Gasteiger partial charge in [0.25, 0.3) is 0 Å². The first-order valence-corrected chi connectivity index (χ1v) is 8.27. The van der Waals surface area contributed by atoms with Crippen LogP contribution in [0.1, 0.15) is 36.7 Å². The molecule has 6 heteroatoms. The van der Waals surface area contributed by atoms with Crippen LogP contribution in [0.4, 0.5) is 0 Å². The van der Waals surface area contributed by atoms with Crippen molar-refractivity contribution in [3.8, 4) is 0 Å². The fourth-order valence-electron chi connectivity index (χ4n) is 3.09. The van der Waals surface area contributed by atoms with E-state index in [1.165, 1.54) is 0 Å². The number of fused-ring (bicyclic) bond motifs is 1. The van der Waals surface area contributed by atoms with Gasteiger partial charge >= 0.3 is 0 Å². The van der Waals surface area contributed by atoms with Crippen molar-refractivity contribution in [3.63, 3.8) is 0 Å². The molecule has 6 nitrogen and oxygen atoms in total. The average Bonchev–Trinajstić information content (AvgIpc) is 3.27. The van der Waals surface area contributed by atoms with Crippen LogP contribution in [-0.4, -0.2) is 32.8 Å². The molecule has 2 N–H and O–H groups in total. The van der Waals surface area contributed by atoms with E-state index in [0.717, 1.165) is 43.6 Å². The van der Waals surface area contributed by atoms with Crippen LogP contribution in [0.5, 0.6) is 0 Å². The van der Waals surface area contributed by atoms with E-state index in [9.17, 15) is 4.79 Å². The van der Waals surface area contributed by atoms with Crippen molar-refractivity contribution in [1.82, 2.24) is 25.4 Å². The average molecular weight is 311 g/mol. The molecule has 2 atom stereocenters. The van der Waals surface area contributed by atoms with Gasteiger partial charge < -0.3 is 5.32 Å². The molecule has 120 valence electrons. The maximum Gasteiger partial charge on any atom is 0.241 e. The lowest BCUT2D eigenvalue weighted by Crippen LogP contribution is -2.46. The largest absolute Gasteiger partial charge is 0.352 e. The van der Waals surface area contributed by atoms with Crippen molar-refractivity contribution in [2.24, 2.45) is 0 Å². The highest BCUT2D eigenvalue weighted by Gasteiger charge is 2.30. The molecule has 1 aliphatic heterocycles. The minimum atomic E-state index is -0.313. The van der Waals surface area contributed by atoms with E-state index in [0.29, 0.717) is 6.04 Å². The summed E-state index contributed by atoms with van der Waals surface area (Å²) in [6.07, 6.45) is 5.66. The van der Waals surface area contributed by atoms with Crippen LogP contribution >= 0.6 is 0 Å². The highest BCUT2D eigenvalue weighted by atomic mass is 16.2. The molecule has 23 heavy (non-hydrogen) atoms. The van der Waals surface area contributed by atoms with Gasteiger partial charge in [-0.3, -0.25) is 10.1 Å². The van der Waals surface area contributed by atoms with Crippen molar-refractivity contribution in [2.45, 2.75) is 50.4 Å². The van der Waals surface area contributed by atoms with E-state index >= 15 is 0 Å². The number of nitrogens with one attached hydrogen (secondary N) is 2. The second-order valence-electron chi connectivity index (χ2n) is 6.39. The number of carbonyl (C=O) groups is 1. The molecule has 2 aliphatic rings. The fourth-order valence-corrected chi connectivity index (χ4v) is 3.09. The molecule has 0 spiro atoms. The zero-order valence-corrected chi connectivity index (χ0v) is 13.0. The molecule has 1 aromatic heterocycles. The number of benzene rings is 1. The van der Waals surface area contributed by atoms with Gasteiger partial charge in [-0.15, -0.1) is 0 Å². The highest BCUT2D eigenvalue weighted by molar-refractivity contribution is 5.83. The number of nitrogens with zero attached hydrogens (tertiary/aromatic N) is 3. The third-order valence-electron chi connectivity index (χ3n) is 4.53. The van der Waals surface area contributed by atoms with E-state index in [4.69, 9.17) is 0 Å². The number of rotatable bonds is 5. The Morgan fingerprint density at radius 3 is 2.78 bits per heavy atom. The first-order valence-electron chi connectivity index (χ1n) is 8.27. The van der Waals surface area contributed by atoms with Crippen LogP contribution in [0.15, 0.2) is 36.7 Å². The third-order valence-corrected chi connectivity index (χ3v) is 4.53. The van der Waals surface area contributed by atoms with Crippen LogP contribution < -0.4 is 10.6 Å². The second-order valence-corrected chi connectivity index (χ2v) is 6.39. The van der Waals surface area contributed by atoms with Gasteiger partial charge in [-0.25, -0.2) is 9.67 Å². The van der Waals surface area contributed by atoms with Gasteiger partial charge in [0.1, 0.15) is 18.2 Å².